The Morgan fingerprint density at radius 2 is 2.06 bits per heavy atom. The van der Waals surface area contributed by atoms with Gasteiger partial charge in [-0.1, -0.05) is 6.92 Å². The molecular weight excluding hydrogens is 206 g/mol. The summed E-state index contributed by atoms with van der Waals surface area (Å²) >= 11 is 0. The number of aliphatic hydroxyl groups is 2. The average molecular weight is 227 g/mol. The first-order valence-corrected chi connectivity index (χ1v) is 5.46. The molecule has 0 atom stereocenters. The number of nitrogens with zero attached hydrogens (tertiary/aromatic N) is 3. The third kappa shape index (κ3) is 3.92. The van der Waals surface area contributed by atoms with Crippen LogP contribution in [-0.4, -0.2) is 58.0 Å². The van der Waals surface area contributed by atoms with Crippen LogP contribution in [0.3, 0.4) is 0 Å². The van der Waals surface area contributed by atoms with Crippen LogP contribution in [0.15, 0.2) is 18.7 Å². The van der Waals surface area contributed by atoms with Gasteiger partial charge in [-0.05, 0) is 7.05 Å². The van der Waals surface area contributed by atoms with Crippen LogP contribution < -0.4 is 0 Å². The first-order valence-electron chi connectivity index (χ1n) is 5.46. The van der Waals surface area contributed by atoms with Crippen LogP contribution in [0.2, 0.25) is 0 Å². The Morgan fingerprint density at radius 1 is 1.38 bits per heavy atom. The summed E-state index contributed by atoms with van der Waals surface area (Å²) in [7, 11) is 1.99. The third-order valence-electron chi connectivity index (χ3n) is 2.71. The van der Waals surface area contributed by atoms with E-state index < -0.39 is 5.41 Å². The van der Waals surface area contributed by atoms with Gasteiger partial charge < -0.3 is 19.7 Å². The summed E-state index contributed by atoms with van der Waals surface area (Å²) in [6.07, 6.45) is 5.46. The summed E-state index contributed by atoms with van der Waals surface area (Å²) in [4.78, 5) is 6.08. The number of likely N-dealkylation sites (N-methyl/N-ethyl adjacent to an activating group) is 1. The number of imidazole rings is 1. The molecule has 0 aliphatic rings. The normalized spacial score (nSPS) is 12.3. The van der Waals surface area contributed by atoms with Gasteiger partial charge in [0.1, 0.15) is 0 Å². The van der Waals surface area contributed by atoms with E-state index in [9.17, 15) is 10.2 Å². The van der Waals surface area contributed by atoms with Crippen molar-refractivity contribution in [3.63, 3.8) is 0 Å². The van der Waals surface area contributed by atoms with Gasteiger partial charge in [0, 0.05) is 37.4 Å². The lowest BCUT2D eigenvalue weighted by molar-refractivity contribution is 0.0413. The highest BCUT2D eigenvalue weighted by atomic mass is 16.3. The molecule has 0 aromatic carbocycles. The summed E-state index contributed by atoms with van der Waals surface area (Å²) in [6, 6.07) is 0. The van der Waals surface area contributed by atoms with Crippen LogP contribution in [0.4, 0.5) is 0 Å². The molecule has 0 aliphatic heterocycles. The first kappa shape index (κ1) is 13.2. The molecular formula is C11H21N3O2. The van der Waals surface area contributed by atoms with E-state index in [1.54, 1.807) is 12.5 Å². The fourth-order valence-corrected chi connectivity index (χ4v) is 1.59. The van der Waals surface area contributed by atoms with Crippen LogP contribution >= 0.6 is 0 Å². The van der Waals surface area contributed by atoms with E-state index in [4.69, 9.17) is 0 Å². The van der Waals surface area contributed by atoms with Gasteiger partial charge in [0.15, 0.2) is 0 Å². The molecule has 1 rings (SSSR count). The summed E-state index contributed by atoms with van der Waals surface area (Å²) in [5, 5.41) is 18.4. The second-order valence-corrected chi connectivity index (χ2v) is 4.67. The Morgan fingerprint density at radius 3 is 2.56 bits per heavy atom. The molecule has 0 saturated heterocycles. The smallest absolute Gasteiger partial charge is 0.0946 e. The average Bonchev–Trinajstić information content (AvgIpc) is 2.79. The summed E-state index contributed by atoms with van der Waals surface area (Å²) in [6.45, 7) is 4.28. The Kier molecular flexibility index (Phi) is 4.92. The fourth-order valence-electron chi connectivity index (χ4n) is 1.59. The van der Waals surface area contributed by atoms with Gasteiger partial charge in [-0.25, -0.2) is 4.98 Å². The van der Waals surface area contributed by atoms with Gasteiger partial charge in [-0.15, -0.1) is 0 Å². The molecule has 1 heterocycles. The molecule has 92 valence electrons. The van der Waals surface area contributed by atoms with E-state index in [-0.39, 0.29) is 13.2 Å². The summed E-state index contributed by atoms with van der Waals surface area (Å²) in [5.74, 6) is 0. The maximum atomic E-state index is 9.18. The van der Waals surface area contributed by atoms with Crippen LogP contribution in [0.1, 0.15) is 6.92 Å². The zero-order valence-electron chi connectivity index (χ0n) is 10.0. The molecule has 0 bridgehead atoms. The van der Waals surface area contributed by atoms with Crippen LogP contribution in [0, 0.1) is 5.41 Å². The summed E-state index contributed by atoms with van der Waals surface area (Å²) < 4.78 is 2.01. The number of aromatic nitrogens is 2. The van der Waals surface area contributed by atoms with Gasteiger partial charge in [-0.2, -0.15) is 0 Å². The van der Waals surface area contributed by atoms with Crippen molar-refractivity contribution in [3.8, 4) is 0 Å². The second kappa shape index (κ2) is 5.98. The van der Waals surface area contributed by atoms with Crippen molar-refractivity contribution < 1.29 is 10.2 Å². The topological polar surface area (TPSA) is 61.5 Å². The molecule has 0 aliphatic carbocycles. The Hall–Kier alpha value is -0.910. The van der Waals surface area contributed by atoms with Crippen LogP contribution in [-0.2, 0) is 6.54 Å². The lowest BCUT2D eigenvalue weighted by Crippen LogP contribution is -2.40. The van der Waals surface area contributed by atoms with Crippen molar-refractivity contribution in [2.24, 2.45) is 5.41 Å². The highest BCUT2D eigenvalue weighted by Gasteiger charge is 2.23. The molecule has 0 fully saturated rings. The van der Waals surface area contributed by atoms with E-state index >= 15 is 0 Å². The minimum absolute atomic E-state index is 0.00108. The van der Waals surface area contributed by atoms with E-state index in [0.717, 1.165) is 13.1 Å². The van der Waals surface area contributed by atoms with Crippen LogP contribution in [0.25, 0.3) is 0 Å². The van der Waals surface area contributed by atoms with Gasteiger partial charge in [-0.3, -0.25) is 0 Å². The number of hydrogen-bond acceptors (Lipinski definition) is 4. The minimum atomic E-state index is -0.427. The monoisotopic (exact) mass is 227 g/mol. The van der Waals surface area contributed by atoms with E-state index in [2.05, 4.69) is 9.88 Å². The fraction of sp³-hybridized carbons (Fsp3) is 0.727. The second-order valence-electron chi connectivity index (χ2n) is 4.67. The highest BCUT2D eigenvalue weighted by molar-refractivity contribution is 4.77. The van der Waals surface area contributed by atoms with E-state index in [1.165, 1.54) is 0 Å². The maximum absolute atomic E-state index is 9.18. The Balaban J connectivity index is 2.32. The van der Waals surface area contributed by atoms with Crippen molar-refractivity contribution in [3.05, 3.63) is 18.7 Å². The Labute approximate surface area is 96.3 Å². The predicted octanol–water partition coefficient (Wildman–Crippen LogP) is -0.194. The molecule has 1 aromatic heterocycles. The number of aliphatic hydroxyl groups excluding tert-OH is 2. The van der Waals surface area contributed by atoms with Crippen molar-refractivity contribution in [1.82, 2.24) is 14.5 Å². The van der Waals surface area contributed by atoms with Crippen molar-refractivity contribution in [1.29, 1.82) is 0 Å². The van der Waals surface area contributed by atoms with Gasteiger partial charge >= 0.3 is 0 Å². The van der Waals surface area contributed by atoms with Crippen molar-refractivity contribution in [2.75, 3.05) is 33.4 Å². The SMILES string of the molecule is CN(CCn1ccnc1)CC(C)(CO)CO. The lowest BCUT2D eigenvalue weighted by atomic mass is 9.92. The number of hydrogen-bond donors (Lipinski definition) is 2. The standard InChI is InChI=1S/C11H21N3O2/c1-11(8-15,9-16)7-13(2)5-6-14-4-3-12-10-14/h3-4,10,15-16H,5-9H2,1-2H3. The van der Waals surface area contributed by atoms with Gasteiger partial charge in [0.2, 0.25) is 0 Å². The highest BCUT2D eigenvalue weighted by Crippen LogP contribution is 2.15. The minimum Gasteiger partial charge on any atom is -0.396 e. The molecule has 0 spiro atoms. The first-order chi connectivity index (χ1) is 7.59. The van der Waals surface area contributed by atoms with E-state index in [0.29, 0.717) is 6.54 Å². The third-order valence-corrected chi connectivity index (χ3v) is 2.71. The molecule has 5 heteroatoms. The molecule has 5 nitrogen and oxygen atoms in total. The lowest BCUT2D eigenvalue weighted by Gasteiger charge is -2.30. The molecule has 0 radical (unpaired) electrons. The van der Waals surface area contributed by atoms with Crippen LogP contribution in [0.5, 0.6) is 0 Å². The zero-order chi connectivity index (χ0) is 12.0. The molecule has 1 aromatic rings. The number of rotatable bonds is 7. The quantitative estimate of drug-likeness (QED) is 0.677. The maximum Gasteiger partial charge on any atom is 0.0946 e. The van der Waals surface area contributed by atoms with E-state index in [1.807, 2.05) is 24.7 Å². The van der Waals surface area contributed by atoms with Gasteiger partial charge in [0.25, 0.3) is 0 Å². The molecule has 16 heavy (non-hydrogen) atoms. The largest absolute Gasteiger partial charge is 0.396 e. The Bertz CT molecular complexity index is 283. The molecule has 0 amide bonds. The summed E-state index contributed by atoms with van der Waals surface area (Å²) in [5.41, 5.74) is -0.427. The van der Waals surface area contributed by atoms with Crippen molar-refractivity contribution in [2.45, 2.75) is 13.5 Å². The molecule has 0 unspecified atom stereocenters. The molecule has 0 saturated carbocycles. The molecule has 2 N–H and O–H groups in total. The predicted molar refractivity (Wildman–Crippen MR) is 62.0 cm³/mol. The van der Waals surface area contributed by atoms with Crippen molar-refractivity contribution >= 4 is 0 Å². The zero-order valence-corrected chi connectivity index (χ0v) is 10.0. The van der Waals surface area contributed by atoms with Gasteiger partial charge in [0.05, 0.1) is 19.5 Å².